The second-order valence-electron chi connectivity index (χ2n) is 5.85. The number of hydrogen-bond donors (Lipinski definition) is 0. The van der Waals surface area contributed by atoms with Crippen molar-refractivity contribution in [3.05, 3.63) is 40.8 Å². The molecule has 1 aliphatic heterocycles. The van der Waals surface area contributed by atoms with Crippen LogP contribution in [0, 0.1) is 5.92 Å². The summed E-state index contributed by atoms with van der Waals surface area (Å²) in [6.07, 6.45) is 3.48. The quantitative estimate of drug-likeness (QED) is 0.802. The first-order valence-corrected chi connectivity index (χ1v) is 8.03. The fourth-order valence-corrected chi connectivity index (χ4v) is 3.05. The molecule has 1 aromatic heterocycles. The number of carbonyl (C=O) groups is 1. The number of fused-ring (bicyclic) bond motifs is 1. The summed E-state index contributed by atoms with van der Waals surface area (Å²) in [5.74, 6) is -0.254. The summed E-state index contributed by atoms with van der Waals surface area (Å²) in [6.45, 7) is 4.09. The highest BCUT2D eigenvalue weighted by Crippen LogP contribution is 2.18. The maximum Gasteiger partial charge on any atom is 0.310 e. The lowest BCUT2D eigenvalue weighted by molar-refractivity contribution is -0.150. The Labute approximate surface area is 134 Å². The molecular weight excluding hydrogens is 294 g/mol. The lowest BCUT2D eigenvalue weighted by atomic mass is 9.98. The number of benzene rings is 1. The van der Waals surface area contributed by atoms with Gasteiger partial charge in [-0.05, 0) is 32.4 Å². The minimum absolute atomic E-state index is 0.0960. The van der Waals surface area contributed by atoms with Gasteiger partial charge in [-0.25, -0.2) is 4.68 Å². The molecule has 2 aromatic rings. The first-order chi connectivity index (χ1) is 11.2. The Hall–Kier alpha value is -2.21. The molecule has 0 aliphatic carbocycles. The van der Waals surface area contributed by atoms with E-state index in [9.17, 15) is 9.59 Å². The third-order valence-corrected chi connectivity index (χ3v) is 4.22. The van der Waals surface area contributed by atoms with E-state index >= 15 is 0 Å². The number of esters is 1. The summed E-state index contributed by atoms with van der Waals surface area (Å²) in [7, 11) is 0. The molecule has 0 saturated carbocycles. The molecule has 3 rings (SSSR count). The second kappa shape index (κ2) is 6.91. The number of hydrogen-bond acceptors (Lipinski definition) is 5. The van der Waals surface area contributed by atoms with Crippen LogP contribution < -0.4 is 5.56 Å². The van der Waals surface area contributed by atoms with Gasteiger partial charge in [0, 0.05) is 11.9 Å². The molecule has 1 aromatic carbocycles. The van der Waals surface area contributed by atoms with E-state index in [4.69, 9.17) is 4.74 Å². The van der Waals surface area contributed by atoms with E-state index < -0.39 is 0 Å². The molecule has 0 unspecified atom stereocenters. The number of ether oxygens (including phenoxy) is 1. The molecule has 0 spiro atoms. The van der Waals surface area contributed by atoms with Gasteiger partial charge in [0.05, 0.1) is 30.8 Å². The third kappa shape index (κ3) is 3.42. The van der Waals surface area contributed by atoms with Crippen LogP contribution >= 0.6 is 0 Å². The van der Waals surface area contributed by atoms with Crippen molar-refractivity contribution >= 4 is 16.7 Å². The van der Waals surface area contributed by atoms with Crippen molar-refractivity contribution in [2.24, 2.45) is 5.92 Å². The van der Waals surface area contributed by atoms with Gasteiger partial charge in [0.2, 0.25) is 0 Å². The fraction of sp³-hybridized carbons (Fsp3) is 0.471. The normalized spacial score (nSPS) is 18.9. The molecular formula is C17H21N3O3. The largest absolute Gasteiger partial charge is 0.466 e. The van der Waals surface area contributed by atoms with Gasteiger partial charge >= 0.3 is 5.97 Å². The topological polar surface area (TPSA) is 64.4 Å². The molecule has 6 heteroatoms. The number of carbonyl (C=O) groups excluding carboxylic acids is 1. The Morgan fingerprint density at radius 1 is 1.39 bits per heavy atom. The van der Waals surface area contributed by atoms with Gasteiger partial charge in [-0.1, -0.05) is 18.2 Å². The number of piperidine rings is 1. The number of aromatic nitrogens is 2. The van der Waals surface area contributed by atoms with Crippen LogP contribution in [0.5, 0.6) is 0 Å². The number of nitrogens with zero attached hydrogens (tertiary/aromatic N) is 3. The SMILES string of the molecule is CCOC(=O)[C@@H]1CCCN(Cn2ncc3ccccc3c2=O)C1. The number of likely N-dealkylation sites (tertiary alicyclic amines) is 1. The van der Waals surface area contributed by atoms with Gasteiger partial charge in [0.1, 0.15) is 0 Å². The number of rotatable bonds is 4. The van der Waals surface area contributed by atoms with Crippen LogP contribution in [-0.4, -0.2) is 40.3 Å². The molecule has 0 radical (unpaired) electrons. The van der Waals surface area contributed by atoms with E-state index in [1.54, 1.807) is 6.20 Å². The zero-order chi connectivity index (χ0) is 16.2. The molecule has 1 fully saturated rings. The molecule has 122 valence electrons. The smallest absolute Gasteiger partial charge is 0.310 e. The lowest BCUT2D eigenvalue weighted by Crippen LogP contribution is -2.42. The van der Waals surface area contributed by atoms with Gasteiger partial charge in [-0.15, -0.1) is 0 Å². The van der Waals surface area contributed by atoms with Crippen molar-refractivity contribution in [1.82, 2.24) is 14.7 Å². The molecule has 1 aliphatic rings. The van der Waals surface area contributed by atoms with Crippen LogP contribution in [0.1, 0.15) is 19.8 Å². The Kier molecular flexibility index (Phi) is 4.71. The van der Waals surface area contributed by atoms with Crippen molar-refractivity contribution in [2.75, 3.05) is 19.7 Å². The second-order valence-corrected chi connectivity index (χ2v) is 5.85. The highest BCUT2D eigenvalue weighted by molar-refractivity contribution is 5.80. The summed E-state index contributed by atoms with van der Waals surface area (Å²) < 4.78 is 6.58. The minimum Gasteiger partial charge on any atom is -0.466 e. The lowest BCUT2D eigenvalue weighted by Gasteiger charge is -2.31. The van der Waals surface area contributed by atoms with E-state index in [2.05, 4.69) is 10.00 Å². The van der Waals surface area contributed by atoms with Gasteiger partial charge in [0.15, 0.2) is 0 Å². The van der Waals surface area contributed by atoms with Crippen molar-refractivity contribution in [3.8, 4) is 0 Å². The molecule has 23 heavy (non-hydrogen) atoms. The van der Waals surface area contributed by atoms with E-state index in [0.29, 0.717) is 25.2 Å². The maximum absolute atomic E-state index is 12.5. The van der Waals surface area contributed by atoms with Crippen LogP contribution in [0.15, 0.2) is 35.3 Å². The predicted octanol–water partition coefficient (Wildman–Crippen LogP) is 1.63. The van der Waals surface area contributed by atoms with E-state index in [1.807, 2.05) is 31.2 Å². The summed E-state index contributed by atoms with van der Waals surface area (Å²) >= 11 is 0. The van der Waals surface area contributed by atoms with Crippen LogP contribution in [0.2, 0.25) is 0 Å². The van der Waals surface area contributed by atoms with Crippen LogP contribution in [0.25, 0.3) is 10.8 Å². The summed E-state index contributed by atoms with van der Waals surface area (Å²) in [5.41, 5.74) is -0.0960. The zero-order valence-corrected chi connectivity index (χ0v) is 13.3. The van der Waals surface area contributed by atoms with Crippen molar-refractivity contribution in [3.63, 3.8) is 0 Å². The first-order valence-electron chi connectivity index (χ1n) is 8.03. The average Bonchev–Trinajstić information content (AvgIpc) is 2.58. The van der Waals surface area contributed by atoms with Gasteiger partial charge in [-0.3, -0.25) is 14.5 Å². The Bertz CT molecular complexity index is 756. The van der Waals surface area contributed by atoms with Crippen LogP contribution in [0.4, 0.5) is 0 Å². The van der Waals surface area contributed by atoms with Crippen molar-refractivity contribution in [1.29, 1.82) is 0 Å². The van der Waals surface area contributed by atoms with Crippen molar-refractivity contribution in [2.45, 2.75) is 26.4 Å². The minimum atomic E-state index is -0.143. The Morgan fingerprint density at radius 2 is 2.22 bits per heavy atom. The van der Waals surface area contributed by atoms with Gasteiger partial charge in [-0.2, -0.15) is 5.10 Å². The highest BCUT2D eigenvalue weighted by atomic mass is 16.5. The van der Waals surface area contributed by atoms with Crippen LogP contribution in [-0.2, 0) is 16.2 Å². The van der Waals surface area contributed by atoms with E-state index in [-0.39, 0.29) is 17.4 Å². The molecule has 0 amide bonds. The summed E-state index contributed by atoms with van der Waals surface area (Å²) in [4.78, 5) is 26.5. The predicted molar refractivity (Wildman–Crippen MR) is 86.9 cm³/mol. The third-order valence-electron chi connectivity index (χ3n) is 4.22. The average molecular weight is 315 g/mol. The molecule has 0 N–H and O–H groups in total. The molecule has 0 bridgehead atoms. The molecule has 1 atom stereocenters. The van der Waals surface area contributed by atoms with Gasteiger partial charge < -0.3 is 4.74 Å². The Morgan fingerprint density at radius 3 is 3.04 bits per heavy atom. The summed E-state index contributed by atoms with van der Waals surface area (Å²) in [5, 5.41) is 5.77. The van der Waals surface area contributed by atoms with E-state index in [0.717, 1.165) is 24.8 Å². The molecule has 2 heterocycles. The monoisotopic (exact) mass is 315 g/mol. The first kappa shape index (κ1) is 15.7. The zero-order valence-electron chi connectivity index (χ0n) is 13.3. The Balaban J connectivity index is 1.75. The van der Waals surface area contributed by atoms with Crippen LogP contribution in [0.3, 0.4) is 0 Å². The fourth-order valence-electron chi connectivity index (χ4n) is 3.05. The van der Waals surface area contributed by atoms with E-state index in [1.165, 1.54) is 4.68 Å². The standard InChI is InChI=1S/C17H21N3O3/c1-2-23-17(22)14-7-5-9-19(11-14)12-20-16(21)15-8-4-3-6-13(15)10-18-20/h3-4,6,8,10,14H,2,5,7,9,11-12H2,1H3/t14-/m1/s1. The van der Waals surface area contributed by atoms with Gasteiger partial charge in [0.25, 0.3) is 5.56 Å². The molecule has 6 nitrogen and oxygen atoms in total. The molecule has 1 saturated heterocycles. The summed E-state index contributed by atoms with van der Waals surface area (Å²) in [6, 6.07) is 7.44. The van der Waals surface area contributed by atoms with Crippen molar-refractivity contribution < 1.29 is 9.53 Å². The highest BCUT2D eigenvalue weighted by Gasteiger charge is 2.27. The maximum atomic E-state index is 12.5.